The van der Waals surface area contributed by atoms with E-state index >= 15 is 0 Å². The molecule has 1 atom stereocenters. The van der Waals surface area contributed by atoms with E-state index in [-0.39, 0.29) is 23.6 Å². The van der Waals surface area contributed by atoms with Crippen LogP contribution in [0.15, 0.2) is 40.0 Å². The number of allylic oxidation sites excluding steroid dienone is 1. The van der Waals surface area contributed by atoms with Gasteiger partial charge < -0.3 is 20.2 Å². The Morgan fingerprint density at radius 1 is 1.36 bits per heavy atom. The van der Waals surface area contributed by atoms with Crippen molar-refractivity contribution < 1.29 is 18.7 Å². The van der Waals surface area contributed by atoms with Gasteiger partial charge in [-0.3, -0.25) is 4.79 Å². The molecule has 2 aromatic rings. The van der Waals surface area contributed by atoms with Gasteiger partial charge in [0.05, 0.1) is 11.7 Å². The molecule has 0 fully saturated rings. The van der Waals surface area contributed by atoms with Crippen molar-refractivity contribution in [2.75, 3.05) is 5.73 Å². The standard InChI is InChI=1S/C18H17N3O4/c1-8(2)24-15(22)12-9(3)20-16(23)18(12)11-7-5-4-6-10(11)13-14(18)21-17(19)25-13/h4-8H,1-3H3,(H2,19,21)(H,20,23)/t18-/m0/s1. The van der Waals surface area contributed by atoms with Crippen molar-refractivity contribution in [2.24, 2.45) is 0 Å². The first-order chi connectivity index (χ1) is 11.9. The summed E-state index contributed by atoms with van der Waals surface area (Å²) in [4.78, 5) is 30.1. The van der Waals surface area contributed by atoms with E-state index in [1.165, 1.54) is 0 Å². The summed E-state index contributed by atoms with van der Waals surface area (Å²) in [5.41, 5.74) is 6.68. The number of fused-ring (bicyclic) bond motifs is 5. The second-order valence-corrected chi connectivity index (χ2v) is 6.43. The Kier molecular flexibility index (Phi) is 3.06. The van der Waals surface area contributed by atoms with Gasteiger partial charge in [-0.15, -0.1) is 0 Å². The van der Waals surface area contributed by atoms with E-state index in [0.717, 1.165) is 0 Å². The minimum atomic E-state index is -1.40. The number of nitrogen functional groups attached to an aromatic ring is 1. The monoisotopic (exact) mass is 339 g/mol. The highest BCUT2D eigenvalue weighted by molar-refractivity contribution is 6.14. The quantitative estimate of drug-likeness (QED) is 0.809. The molecule has 1 aliphatic carbocycles. The van der Waals surface area contributed by atoms with Gasteiger partial charge in [0, 0.05) is 11.3 Å². The highest BCUT2D eigenvalue weighted by Crippen LogP contribution is 2.55. The number of hydrogen-bond acceptors (Lipinski definition) is 6. The van der Waals surface area contributed by atoms with Crippen molar-refractivity contribution in [1.82, 2.24) is 10.3 Å². The van der Waals surface area contributed by atoms with Crippen molar-refractivity contribution in [3.05, 3.63) is 46.8 Å². The number of carbonyl (C=O) groups excluding carboxylic acids is 2. The first-order valence-corrected chi connectivity index (χ1v) is 7.97. The van der Waals surface area contributed by atoms with Gasteiger partial charge in [0.2, 0.25) is 5.91 Å². The van der Waals surface area contributed by atoms with Crippen molar-refractivity contribution in [1.29, 1.82) is 0 Å². The molecule has 4 rings (SSSR count). The molecule has 1 spiro atoms. The molecule has 2 aliphatic rings. The summed E-state index contributed by atoms with van der Waals surface area (Å²) in [6.45, 7) is 5.19. The molecule has 7 nitrogen and oxygen atoms in total. The zero-order valence-corrected chi connectivity index (χ0v) is 14.0. The average Bonchev–Trinajstić information content (AvgIpc) is 3.11. The lowest BCUT2D eigenvalue weighted by molar-refractivity contribution is -0.144. The molecule has 0 radical (unpaired) electrons. The minimum Gasteiger partial charge on any atom is -0.460 e. The number of esters is 1. The lowest BCUT2D eigenvalue weighted by Crippen LogP contribution is -2.41. The molecule has 0 saturated heterocycles. The summed E-state index contributed by atoms with van der Waals surface area (Å²) in [5.74, 6) is -0.511. The molecule has 0 bridgehead atoms. The second-order valence-electron chi connectivity index (χ2n) is 6.43. The van der Waals surface area contributed by atoms with Gasteiger partial charge in [0.15, 0.2) is 11.2 Å². The molecule has 1 aliphatic heterocycles. The Balaban J connectivity index is 2.04. The topological polar surface area (TPSA) is 107 Å². The number of hydrogen-bond donors (Lipinski definition) is 2. The van der Waals surface area contributed by atoms with Crippen molar-refractivity contribution in [3.63, 3.8) is 0 Å². The van der Waals surface area contributed by atoms with E-state index < -0.39 is 11.4 Å². The van der Waals surface area contributed by atoms with Crippen molar-refractivity contribution in [3.8, 4) is 11.3 Å². The lowest BCUT2D eigenvalue weighted by atomic mass is 9.75. The van der Waals surface area contributed by atoms with Crippen molar-refractivity contribution >= 4 is 17.9 Å². The van der Waals surface area contributed by atoms with Crippen LogP contribution in [-0.4, -0.2) is 23.0 Å². The van der Waals surface area contributed by atoms with Crippen LogP contribution in [0.25, 0.3) is 11.3 Å². The predicted octanol–water partition coefficient (Wildman–Crippen LogP) is 1.88. The summed E-state index contributed by atoms with van der Waals surface area (Å²) in [6.07, 6.45) is -0.320. The maximum atomic E-state index is 13.1. The lowest BCUT2D eigenvalue weighted by Gasteiger charge is -2.25. The number of nitrogens with two attached hydrogens (primary N) is 1. The second kappa shape index (κ2) is 4.95. The van der Waals surface area contributed by atoms with Crippen LogP contribution in [0.3, 0.4) is 0 Å². The number of nitrogens with zero attached hydrogens (tertiary/aromatic N) is 1. The van der Waals surface area contributed by atoms with Gasteiger partial charge in [0.25, 0.3) is 6.01 Å². The Morgan fingerprint density at radius 3 is 2.80 bits per heavy atom. The van der Waals surface area contributed by atoms with Gasteiger partial charge >= 0.3 is 5.97 Å². The fourth-order valence-electron chi connectivity index (χ4n) is 3.69. The Bertz CT molecular complexity index is 957. The average molecular weight is 339 g/mol. The molecular formula is C18H17N3O4. The maximum absolute atomic E-state index is 13.1. The fraction of sp³-hybridized carbons (Fsp3) is 0.278. The van der Waals surface area contributed by atoms with E-state index in [2.05, 4.69) is 10.3 Å². The maximum Gasteiger partial charge on any atom is 0.337 e. The predicted molar refractivity (Wildman–Crippen MR) is 89.2 cm³/mol. The van der Waals surface area contributed by atoms with Crippen LogP contribution >= 0.6 is 0 Å². The summed E-state index contributed by atoms with van der Waals surface area (Å²) in [5, 5.41) is 2.76. The summed E-state index contributed by atoms with van der Waals surface area (Å²) < 4.78 is 10.9. The fourth-order valence-corrected chi connectivity index (χ4v) is 3.69. The molecule has 7 heteroatoms. The Morgan fingerprint density at radius 2 is 2.08 bits per heavy atom. The molecule has 2 heterocycles. The van der Waals surface area contributed by atoms with E-state index in [0.29, 0.717) is 28.3 Å². The molecular weight excluding hydrogens is 322 g/mol. The molecule has 25 heavy (non-hydrogen) atoms. The SMILES string of the molecule is CC1=C(C(=O)OC(C)C)[C@@]2(C(=O)N1)c1ccccc1-c1oc(N)nc12. The van der Waals surface area contributed by atoms with E-state index in [1.807, 2.05) is 18.2 Å². The van der Waals surface area contributed by atoms with E-state index in [1.54, 1.807) is 26.8 Å². The first kappa shape index (κ1) is 15.4. The molecule has 128 valence electrons. The number of nitrogens with one attached hydrogen (secondary N) is 1. The Hall–Kier alpha value is -3.09. The van der Waals surface area contributed by atoms with Crippen LogP contribution < -0.4 is 11.1 Å². The van der Waals surface area contributed by atoms with Crippen LogP contribution in [0, 0.1) is 0 Å². The third-order valence-electron chi connectivity index (χ3n) is 4.51. The van der Waals surface area contributed by atoms with Crippen molar-refractivity contribution in [2.45, 2.75) is 32.3 Å². The molecule has 1 aromatic heterocycles. The third-order valence-corrected chi connectivity index (χ3v) is 4.51. The van der Waals surface area contributed by atoms with E-state index in [9.17, 15) is 9.59 Å². The van der Waals surface area contributed by atoms with Crippen LogP contribution in [0.1, 0.15) is 32.0 Å². The zero-order chi connectivity index (χ0) is 17.9. The van der Waals surface area contributed by atoms with Crippen LogP contribution in [0.4, 0.5) is 6.01 Å². The third kappa shape index (κ3) is 1.83. The van der Waals surface area contributed by atoms with Crippen LogP contribution in [-0.2, 0) is 19.7 Å². The van der Waals surface area contributed by atoms with E-state index in [4.69, 9.17) is 14.9 Å². The highest BCUT2D eigenvalue weighted by Gasteiger charge is 2.61. The molecule has 0 saturated carbocycles. The summed E-state index contributed by atoms with van der Waals surface area (Å²) in [7, 11) is 0. The number of aromatic nitrogens is 1. The normalized spacial score (nSPS) is 20.9. The van der Waals surface area contributed by atoms with Gasteiger partial charge in [-0.2, -0.15) is 4.98 Å². The molecule has 3 N–H and O–H groups in total. The molecule has 1 aromatic carbocycles. The first-order valence-electron chi connectivity index (χ1n) is 7.97. The smallest absolute Gasteiger partial charge is 0.337 e. The number of benzene rings is 1. The van der Waals surface area contributed by atoms with Crippen LogP contribution in [0.2, 0.25) is 0 Å². The van der Waals surface area contributed by atoms with Gasteiger partial charge in [-0.1, -0.05) is 24.3 Å². The van der Waals surface area contributed by atoms with Crippen LogP contribution in [0.5, 0.6) is 0 Å². The molecule has 1 amide bonds. The minimum absolute atomic E-state index is 0.0483. The number of rotatable bonds is 2. The largest absolute Gasteiger partial charge is 0.460 e. The number of oxazole rings is 1. The Labute approximate surface area is 143 Å². The number of amides is 1. The zero-order valence-electron chi connectivity index (χ0n) is 14.0. The molecule has 0 unspecified atom stereocenters. The van der Waals surface area contributed by atoms with Gasteiger partial charge in [-0.25, -0.2) is 4.79 Å². The highest BCUT2D eigenvalue weighted by atomic mass is 16.5. The van der Waals surface area contributed by atoms with Gasteiger partial charge in [-0.05, 0) is 26.3 Å². The number of carbonyl (C=O) groups is 2. The number of anilines is 1. The number of ether oxygens (including phenoxy) is 1. The summed E-state index contributed by atoms with van der Waals surface area (Å²) >= 11 is 0. The summed E-state index contributed by atoms with van der Waals surface area (Å²) in [6, 6.07) is 7.20. The van der Waals surface area contributed by atoms with Gasteiger partial charge in [0.1, 0.15) is 5.69 Å².